The number of thioether (sulfide) groups is 1. The van der Waals surface area contributed by atoms with E-state index in [1.54, 1.807) is 11.5 Å². The van der Waals surface area contributed by atoms with Gasteiger partial charge in [-0.15, -0.1) is 23.1 Å². The van der Waals surface area contributed by atoms with E-state index in [0.717, 1.165) is 37.1 Å². The maximum Gasteiger partial charge on any atom is 0.352 e. The summed E-state index contributed by atoms with van der Waals surface area (Å²) in [5.41, 5.74) is 6.54. The van der Waals surface area contributed by atoms with Gasteiger partial charge >= 0.3 is 5.97 Å². The van der Waals surface area contributed by atoms with Gasteiger partial charge in [-0.05, 0) is 37.3 Å². The molecule has 4 N–H and O–H groups in total. The van der Waals surface area contributed by atoms with Crippen molar-refractivity contribution in [2.75, 3.05) is 25.1 Å². The smallest absolute Gasteiger partial charge is 0.352 e. The van der Waals surface area contributed by atoms with Crippen molar-refractivity contribution in [2.45, 2.75) is 43.1 Å². The number of fused-ring (bicyclic) bond motifs is 1. The van der Waals surface area contributed by atoms with E-state index in [1.807, 2.05) is 4.90 Å². The van der Waals surface area contributed by atoms with Crippen molar-refractivity contribution in [3.63, 3.8) is 0 Å². The number of likely N-dealkylation sites (tertiary alicyclic amines) is 1. The van der Waals surface area contributed by atoms with Crippen molar-refractivity contribution in [3.8, 4) is 0 Å². The number of carbonyl (C=O) groups is 4. The number of carbonyl (C=O) groups excluding carboxylic acids is 3. The van der Waals surface area contributed by atoms with E-state index in [1.165, 1.54) is 23.8 Å². The fraction of sp³-hybridized carbons (Fsp3) is 0.455. The van der Waals surface area contributed by atoms with Crippen molar-refractivity contribution >= 4 is 57.6 Å². The summed E-state index contributed by atoms with van der Waals surface area (Å²) in [6, 6.07) is -0.668. The summed E-state index contributed by atoms with van der Waals surface area (Å²) in [4.78, 5) is 62.8. The molecule has 1 aromatic rings. The number of thiazole rings is 1. The van der Waals surface area contributed by atoms with Crippen LogP contribution in [0.25, 0.3) is 0 Å². The quantitative estimate of drug-likeness (QED) is 0.196. The predicted molar refractivity (Wildman–Crippen MR) is 132 cm³/mol. The molecular weight excluding hydrogens is 508 g/mol. The molecule has 4 heterocycles. The number of oxime groups is 1. The van der Waals surface area contributed by atoms with Crippen LogP contribution in [0.5, 0.6) is 0 Å². The molecule has 3 amide bonds. The number of amides is 3. The zero-order valence-corrected chi connectivity index (χ0v) is 20.9. The number of nitrogens with zero attached hydrogens (tertiary/aromatic N) is 4. The summed E-state index contributed by atoms with van der Waals surface area (Å²) in [5, 5.41) is 17.4. The Bertz CT molecular complexity index is 1240. The van der Waals surface area contributed by atoms with Crippen LogP contribution in [0.1, 0.15) is 31.4 Å². The second-order valence-electron chi connectivity index (χ2n) is 8.74. The SMILES string of the molecule is CO/N=C(\C(=O)N[C@@H]1C(=O)N2C(C(=O)O)=C(C=C3CCCN(C4CC4)C3=O)CS[C@H]12)c1csc(N)n1. The minimum Gasteiger partial charge on any atom is -0.477 e. The molecule has 3 fully saturated rings. The van der Waals surface area contributed by atoms with Gasteiger partial charge in [-0.25, -0.2) is 9.78 Å². The summed E-state index contributed by atoms with van der Waals surface area (Å²) in [6.45, 7) is 0.719. The van der Waals surface area contributed by atoms with Gasteiger partial charge in [-0.2, -0.15) is 0 Å². The average molecular weight is 533 g/mol. The first-order chi connectivity index (χ1) is 17.3. The molecule has 0 radical (unpaired) electrons. The maximum atomic E-state index is 13.0. The normalized spacial score (nSPS) is 25.6. The molecule has 0 bridgehead atoms. The molecule has 5 rings (SSSR count). The fourth-order valence-corrected chi connectivity index (χ4v) is 6.42. The number of hydrogen-bond donors (Lipinski definition) is 3. The number of nitrogens with two attached hydrogens (primary N) is 1. The lowest BCUT2D eigenvalue weighted by Crippen LogP contribution is -2.71. The molecule has 0 aromatic carbocycles. The standard InChI is InChI=1S/C22H24N6O6S2/c1-34-26-14(13-9-36-22(23)24-13)17(29)25-15-19(31)28-16(21(32)33)11(8-35-20(15)28)7-10-3-2-6-27(18(10)30)12-4-5-12/h7,9,12,15,20H,2-6,8H2,1H3,(H2,23,24)(H,25,29)(H,32,33)/b10-7?,26-14-/t15-,20-/m1/s1. The van der Waals surface area contributed by atoms with Crippen molar-refractivity contribution < 1.29 is 29.1 Å². The van der Waals surface area contributed by atoms with Crippen LogP contribution in [-0.4, -0.2) is 86.2 Å². The first-order valence-corrected chi connectivity index (χ1v) is 13.3. The Hall–Kier alpha value is -3.39. The van der Waals surface area contributed by atoms with E-state index in [-0.39, 0.29) is 39.9 Å². The van der Waals surface area contributed by atoms with Gasteiger partial charge in [0.05, 0.1) is 0 Å². The van der Waals surface area contributed by atoms with E-state index < -0.39 is 29.2 Å². The third-order valence-electron chi connectivity index (χ3n) is 6.37. The number of carboxylic acids is 1. The highest BCUT2D eigenvalue weighted by Gasteiger charge is 2.54. The highest BCUT2D eigenvalue weighted by Crippen LogP contribution is 2.41. The van der Waals surface area contributed by atoms with Gasteiger partial charge in [-0.1, -0.05) is 5.16 Å². The van der Waals surface area contributed by atoms with Crippen LogP contribution < -0.4 is 11.1 Å². The molecule has 1 aliphatic carbocycles. The molecule has 3 aliphatic heterocycles. The van der Waals surface area contributed by atoms with E-state index in [4.69, 9.17) is 10.6 Å². The third-order valence-corrected chi connectivity index (χ3v) is 8.34. The number of nitrogens with one attached hydrogen (secondary N) is 1. The predicted octanol–water partition coefficient (Wildman–Crippen LogP) is 0.526. The van der Waals surface area contributed by atoms with Gasteiger partial charge < -0.3 is 25.9 Å². The molecule has 0 spiro atoms. The molecule has 1 saturated carbocycles. The molecule has 4 aliphatic rings. The summed E-state index contributed by atoms with van der Waals surface area (Å²) in [7, 11) is 1.27. The van der Waals surface area contributed by atoms with Crippen LogP contribution in [0.3, 0.4) is 0 Å². The summed E-state index contributed by atoms with van der Waals surface area (Å²) in [6.07, 6.45) is 5.04. The third kappa shape index (κ3) is 4.34. The van der Waals surface area contributed by atoms with Crippen molar-refractivity contribution in [1.82, 2.24) is 20.1 Å². The average Bonchev–Trinajstić information content (AvgIpc) is 3.61. The topological polar surface area (TPSA) is 168 Å². The first kappa shape index (κ1) is 24.3. The van der Waals surface area contributed by atoms with Crippen molar-refractivity contribution in [2.24, 2.45) is 5.16 Å². The van der Waals surface area contributed by atoms with Gasteiger partial charge in [0.2, 0.25) is 5.91 Å². The number of allylic oxidation sites excluding steroid dienone is 1. The maximum absolute atomic E-state index is 13.0. The van der Waals surface area contributed by atoms with Crippen LogP contribution in [0, 0.1) is 0 Å². The highest BCUT2D eigenvalue weighted by molar-refractivity contribution is 8.00. The van der Waals surface area contributed by atoms with Crippen LogP contribution in [0.15, 0.2) is 33.5 Å². The van der Waals surface area contributed by atoms with Gasteiger partial charge in [0.25, 0.3) is 11.8 Å². The number of hydrogen-bond acceptors (Lipinski definition) is 10. The lowest BCUT2D eigenvalue weighted by molar-refractivity contribution is -0.150. The summed E-state index contributed by atoms with van der Waals surface area (Å²) >= 11 is 2.45. The lowest BCUT2D eigenvalue weighted by Gasteiger charge is -2.49. The molecule has 12 nitrogen and oxygen atoms in total. The number of nitrogen functional groups attached to an aromatic ring is 1. The Balaban J connectivity index is 1.35. The number of piperidine rings is 1. The first-order valence-electron chi connectivity index (χ1n) is 11.4. The Labute approximate surface area is 214 Å². The molecular formula is C22H24N6O6S2. The number of aromatic nitrogens is 1. The second-order valence-corrected chi connectivity index (χ2v) is 10.7. The number of anilines is 1. The highest BCUT2D eigenvalue weighted by atomic mass is 32.2. The van der Waals surface area contributed by atoms with E-state index in [9.17, 15) is 24.3 Å². The molecule has 14 heteroatoms. The van der Waals surface area contributed by atoms with Crippen LogP contribution in [0.4, 0.5) is 5.13 Å². The van der Waals surface area contributed by atoms with E-state index >= 15 is 0 Å². The van der Waals surface area contributed by atoms with Crippen molar-refractivity contribution in [3.05, 3.63) is 34.0 Å². The zero-order valence-electron chi connectivity index (χ0n) is 19.3. The van der Waals surface area contributed by atoms with Gasteiger partial charge in [0, 0.05) is 29.3 Å². The monoisotopic (exact) mass is 532 g/mol. The molecule has 1 aromatic heterocycles. The molecule has 36 heavy (non-hydrogen) atoms. The van der Waals surface area contributed by atoms with Crippen LogP contribution in [0.2, 0.25) is 0 Å². The van der Waals surface area contributed by atoms with Gasteiger partial charge in [0.15, 0.2) is 10.8 Å². The Morgan fingerprint density at radius 2 is 2.14 bits per heavy atom. The van der Waals surface area contributed by atoms with E-state index in [2.05, 4.69) is 15.5 Å². The molecule has 190 valence electrons. The largest absolute Gasteiger partial charge is 0.477 e. The minimum atomic E-state index is -1.26. The summed E-state index contributed by atoms with van der Waals surface area (Å²) in [5.74, 6) is -2.28. The van der Waals surface area contributed by atoms with Crippen LogP contribution in [-0.2, 0) is 24.0 Å². The number of aliphatic carboxylic acids is 1. The van der Waals surface area contributed by atoms with Gasteiger partial charge in [0.1, 0.15) is 29.9 Å². The fourth-order valence-electron chi connectivity index (χ4n) is 4.57. The van der Waals surface area contributed by atoms with Gasteiger partial charge in [-0.3, -0.25) is 19.3 Å². The Morgan fingerprint density at radius 1 is 1.36 bits per heavy atom. The van der Waals surface area contributed by atoms with Crippen molar-refractivity contribution in [1.29, 1.82) is 0 Å². The zero-order chi connectivity index (χ0) is 25.6. The Morgan fingerprint density at radius 3 is 2.78 bits per heavy atom. The van der Waals surface area contributed by atoms with Crippen LogP contribution >= 0.6 is 23.1 Å². The minimum absolute atomic E-state index is 0.0548. The Kier molecular flexibility index (Phi) is 6.47. The summed E-state index contributed by atoms with van der Waals surface area (Å²) < 4.78 is 0. The molecule has 2 atom stereocenters. The van der Waals surface area contributed by atoms with E-state index in [0.29, 0.717) is 17.6 Å². The second kappa shape index (κ2) is 9.58. The number of rotatable bonds is 7. The molecule has 0 unspecified atom stereocenters. The number of β-lactam (4-membered cyclic amide) rings is 1. The number of carboxylic acid groups (broad SMARTS) is 1. The molecule has 2 saturated heterocycles. The lowest BCUT2D eigenvalue weighted by atomic mass is 9.98.